The topological polar surface area (TPSA) is 32.8 Å². The van der Waals surface area contributed by atoms with Gasteiger partial charge in [0.15, 0.2) is 0 Å². The van der Waals surface area contributed by atoms with Crippen molar-refractivity contribution < 1.29 is 9.84 Å². The van der Waals surface area contributed by atoms with Gasteiger partial charge in [-0.25, -0.2) is 0 Å². The number of hydrogen-bond acceptors (Lipinski definition) is 2. The van der Waals surface area contributed by atoms with Gasteiger partial charge in [-0.1, -0.05) is 47.2 Å². The molecule has 1 heterocycles. The van der Waals surface area contributed by atoms with Crippen LogP contribution in [0.5, 0.6) is 0 Å². The van der Waals surface area contributed by atoms with E-state index in [1.807, 2.05) is 0 Å². The summed E-state index contributed by atoms with van der Waals surface area (Å²) in [7, 11) is -1.53. The Morgan fingerprint density at radius 2 is 1.58 bits per heavy atom. The highest BCUT2D eigenvalue weighted by Crippen LogP contribution is 2.47. The zero-order valence-electron chi connectivity index (χ0n) is 13.9. The van der Waals surface area contributed by atoms with E-state index in [1.165, 1.54) is 5.57 Å². The second-order valence-electron chi connectivity index (χ2n) is 7.19. The molecule has 0 saturated carbocycles. The smallest absolute Gasteiger partial charge is 0.115 e. The van der Waals surface area contributed by atoms with Crippen molar-refractivity contribution >= 4 is 8.07 Å². The Balaban J connectivity index is 3.14. The van der Waals surface area contributed by atoms with E-state index in [1.54, 1.807) is 0 Å². The van der Waals surface area contributed by atoms with E-state index in [0.717, 1.165) is 16.6 Å². The molecule has 0 amide bonds. The lowest BCUT2D eigenvalue weighted by molar-refractivity contribution is 0.239. The molecular formula is C16H32O2Si. The first-order valence-electron chi connectivity index (χ1n) is 7.61. The third-order valence-electron chi connectivity index (χ3n) is 5.36. The minimum Gasteiger partial charge on any atom is -0.394 e. The molecule has 0 aliphatic carbocycles. The summed E-state index contributed by atoms with van der Waals surface area (Å²) in [6.45, 7) is 18.6. The molecule has 19 heavy (non-hydrogen) atoms. The standard InChI is InChI=1S/C16H32O2Si/c1-11(2)19(12(3)4,13(5)6)10-14(7)16(8)15(9-17)18-16/h10-13,15,17H,9H2,1-8H3/b14-10+/t15-,16+/m1/s1. The summed E-state index contributed by atoms with van der Waals surface area (Å²) in [5.74, 6) is 0. The van der Waals surface area contributed by atoms with Gasteiger partial charge in [-0.05, 0) is 36.0 Å². The van der Waals surface area contributed by atoms with Crippen molar-refractivity contribution in [3.8, 4) is 0 Å². The van der Waals surface area contributed by atoms with Crippen LogP contribution >= 0.6 is 0 Å². The first-order valence-corrected chi connectivity index (χ1v) is 9.92. The van der Waals surface area contributed by atoms with E-state index in [4.69, 9.17) is 4.74 Å². The second kappa shape index (κ2) is 5.70. The van der Waals surface area contributed by atoms with Gasteiger partial charge in [-0.2, -0.15) is 0 Å². The molecule has 1 aliphatic rings. The average Bonchev–Trinajstić information content (AvgIpc) is 2.97. The average molecular weight is 285 g/mol. The molecule has 0 radical (unpaired) electrons. The molecule has 1 aliphatic heterocycles. The fourth-order valence-corrected chi connectivity index (χ4v) is 9.87. The molecule has 0 aromatic rings. The number of rotatable bonds is 6. The van der Waals surface area contributed by atoms with E-state index in [2.05, 4.69) is 61.1 Å². The lowest BCUT2D eigenvalue weighted by atomic mass is 10.0. The Morgan fingerprint density at radius 1 is 1.16 bits per heavy atom. The van der Waals surface area contributed by atoms with Crippen LogP contribution in [0, 0.1) is 0 Å². The Kier molecular flexibility index (Phi) is 5.08. The molecule has 1 saturated heterocycles. The van der Waals surface area contributed by atoms with E-state index < -0.39 is 8.07 Å². The largest absolute Gasteiger partial charge is 0.394 e. The van der Waals surface area contributed by atoms with Crippen molar-refractivity contribution in [1.29, 1.82) is 0 Å². The van der Waals surface area contributed by atoms with E-state index in [0.29, 0.717) is 0 Å². The Bertz CT molecular complexity index is 325. The van der Waals surface area contributed by atoms with Crippen LogP contribution in [0.15, 0.2) is 11.3 Å². The fourth-order valence-electron chi connectivity index (χ4n) is 3.84. The summed E-state index contributed by atoms with van der Waals surface area (Å²) < 4.78 is 5.70. The Morgan fingerprint density at radius 3 is 1.84 bits per heavy atom. The highest BCUT2D eigenvalue weighted by molar-refractivity contribution is 6.88. The van der Waals surface area contributed by atoms with E-state index in [-0.39, 0.29) is 18.3 Å². The van der Waals surface area contributed by atoms with Gasteiger partial charge in [-0.3, -0.25) is 0 Å². The summed E-state index contributed by atoms with van der Waals surface area (Å²) in [4.78, 5) is 0. The molecule has 0 aromatic heterocycles. The van der Waals surface area contributed by atoms with Gasteiger partial charge >= 0.3 is 0 Å². The third-order valence-corrected chi connectivity index (χ3v) is 12.3. The summed E-state index contributed by atoms with van der Waals surface area (Å²) in [5.41, 5.74) is 5.84. The van der Waals surface area contributed by atoms with Crippen LogP contribution in [0.25, 0.3) is 0 Å². The predicted octanol–water partition coefficient (Wildman–Crippen LogP) is 4.30. The zero-order valence-corrected chi connectivity index (χ0v) is 14.9. The van der Waals surface area contributed by atoms with Crippen molar-refractivity contribution in [2.75, 3.05) is 6.61 Å². The maximum absolute atomic E-state index is 9.28. The van der Waals surface area contributed by atoms with Crippen molar-refractivity contribution in [2.24, 2.45) is 0 Å². The molecule has 0 aromatic carbocycles. The van der Waals surface area contributed by atoms with Crippen LogP contribution in [0.2, 0.25) is 16.6 Å². The molecule has 0 bridgehead atoms. The number of hydrogen-bond donors (Lipinski definition) is 1. The molecule has 1 fully saturated rings. The SMILES string of the molecule is C/C(=C\[Si](C(C)C)(C(C)C)C(C)C)[C@]1(C)O[C@@H]1CO. The van der Waals surface area contributed by atoms with Crippen LogP contribution in [0.3, 0.4) is 0 Å². The number of ether oxygens (including phenoxy) is 1. The normalized spacial score (nSPS) is 28.6. The zero-order chi connectivity index (χ0) is 15.0. The van der Waals surface area contributed by atoms with Gasteiger partial charge in [0.05, 0.1) is 14.7 Å². The second-order valence-corrected chi connectivity index (χ2v) is 12.9. The third kappa shape index (κ3) is 2.83. The highest BCUT2D eigenvalue weighted by Gasteiger charge is 2.54. The Hall–Kier alpha value is -0.123. The summed E-state index contributed by atoms with van der Waals surface area (Å²) >= 11 is 0. The first-order chi connectivity index (χ1) is 8.62. The molecule has 2 nitrogen and oxygen atoms in total. The summed E-state index contributed by atoms with van der Waals surface area (Å²) in [6, 6.07) is 0. The van der Waals surface area contributed by atoms with Crippen LogP contribution < -0.4 is 0 Å². The van der Waals surface area contributed by atoms with Crippen molar-refractivity contribution in [2.45, 2.75) is 83.7 Å². The van der Waals surface area contributed by atoms with Gasteiger partial charge in [0.1, 0.15) is 11.7 Å². The molecule has 2 atom stereocenters. The molecule has 0 unspecified atom stereocenters. The van der Waals surface area contributed by atoms with Crippen molar-refractivity contribution in [1.82, 2.24) is 0 Å². The molecule has 112 valence electrons. The summed E-state index contributed by atoms with van der Waals surface area (Å²) in [6.07, 6.45) is 0.00179. The summed E-state index contributed by atoms with van der Waals surface area (Å²) in [5, 5.41) is 9.28. The van der Waals surface area contributed by atoms with Crippen LogP contribution in [0.4, 0.5) is 0 Å². The molecule has 1 N–H and O–H groups in total. The number of epoxide rings is 1. The maximum atomic E-state index is 9.28. The highest BCUT2D eigenvalue weighted by atomic mass is 28.3. The van der Waals surface area contributed by atoms with Gasteiger partial charge in [0.25, 0.3) is 0 Å². The van der Waals surface area contributed by atoms with Crippen molar-refractivity contribution in [3.05, 3.63) is 11.3 Å². The molecule has 3 heteroatoms. The minimum absolute atomic E-state index is 0.00179. The fraction of sp³-hybridized carbons (Fsp3) is 0.875. The minimum atomic E-state index is -1.53. The van der Waals surface area contributed by atoms with E-state index >= 15 is 0 Å². The van der Waals surface area contributed by atoms with Crippen LogP contribution in [-0.2, 0) is 4.74 Å². The number of aliphatic hydroxyl groups excluding tert-OH is 1. The van der Waals surface area contributed by atoms with Crippen LogP contribution in [-0.4, -0.2) is 31.5 Å². The Labute approximate surface area is 120 Å². The number of aliphatic hydroxyl groups is 1. The van der Waals surface area contributed by atoms with E-state index in [9.17, 15) is 5.11 Å². The quantitative estimate of drug-likeness (QED) is 0.582. The monoisotopic (exact) mass is 284 g/mol. The van der Waals surface area contributed by atoms with Gasteiger partial charge in [0, 0.05) is 0 Å². The lowest BCUT2D eigenvalue weighted by Gasteiger charge is -2.41. The van der Waals surface area contributed by atoms with Gasteiger partial charge in [-0.15, -0.1) is 0 Å². The molecular weight excluding hydrogens is 252 g/mol. The van der Waals surface area contributed by atoms with Crippen LogP contribution in [0.1, 0.15) is 55.4 Å². The predicted molar refractivity (Wildman–Crippen MR) is 85.2 cm³/mol. The lowest BCUT2D eigenvalue weighted by Crippen LogP contribution is -2.43. The van der Waals surface area contributed by atoms with Gasteiger partial charge in [0.2, 0.25) is 0 Å². The maximum Gasteiger partial charge on any atom is 0.115 e. The van der Waals surface area contributed by atoms with Gasteiger partial charge < -0.3 is 9.84 Å². The molecule has 1 rings (SSSR count). The van der Waals surface area contributed by atoms with Crippen molar-refractivity contribution in [3.63, 3.8) is 0 Å². The molecule has 0 spiro atoms. The first kappa shape index (κ1) is 16.9.